The van der Waals surface area contributed by atoms with E-state index in [9.17, 15) is 14.4 Å². The number of benzene rings is 2. The van der Waals surface area contributed by atoms with Crippen LogP contribution >= 0.6 is 0 Å². The van der Waals surface area contributed by atoms with E-state index in [1.807, 2.05) is 60.7 Å². The third-order valence-corrected chi connectivity index (χ3v) is 4.85. The molecule has 0 unspecified atom stereocenters. The van der Waals surface area contributed by atoms with Crippen molar-refractivity contribution in [2.24, 2.45) is 0 Å². The van der Waals surface area contributed by atoms with Crippen molar-refractivity contribution in [1.29, 1.82) is 0 Å². The number of carbonyl (C=O) groups excluding carboxylic acids is 2. The smallest absolute Gasteiger partial charge is 0.444 e. The maximum absolute atomic E-state index is 12.4. The molecule has 0 spiro atoms. The van der Waals surface area contributed by atoms with Gasteiger partial charge in [-0.15, -0.1) is 0 Å². The molecule has 35 heavy (non-hydrogen) atoms. The largest absolute Gasteiger partial charge is 0.508 e. The summed E-state index contributed by atoms with van der Waals surface area (Å²) in [4.78, 5) is 39.9. The third kappa shape index (κ3) is 7.13. The van der Waals surface area contributed by atoms with E-state index < -0.39 is 30.5 Å². The number of anilines is 1. The molecule has 0 aliphatic carbocycles. The van der Waals surface area contributed by atoms with Gasteiger partial charge in [0.1, 0.15) is 25.6 Å². The van der Waals surface area contributed by atoms with Gasteiger partial charge < -0.3 is 23.7 Å². The van der Waals surface area contributed by atoms with Gasteiger partial charge in [0, 0.05) is 6.20 Å². The normalized spacial score (nSPS) is 16.9. The summed E-state index contributed by atoms with van der Waals surface area (Å²) >= 11 is 0. The van der Waals surface area contributed by atoms with Gasteiger partial charge in [-0.3, -0.25) is 9.88 Å². The molecule has 1 N–H and O–H groups in total. The number of nitrogens with zero attached hydrogens (tertiary/aromatic N) is 2. The van der Waals surface area contributed by atoms with Gasteiger partial charge in [-0.1, -0.05) is 60.7 Å². The quantitative estimate of drug-likeness (QED) is 0.482. The highest BCUT2D eigenvalue weighted by Crippen LogP contribution is 2.20. The van der Waals surface area contributed by atoms with E-state index in [1.165, 1.54) is 16.8 Å². The highest BCUT2D eigenvalue weighted by Gasteiger charge is 2.29. The summed E-state index contributed by atoms with van der Waals surface area (Å²) in [5.41, 5.74) is 0.989. The van der Waals surface area contributed by atoms with Crippen LogP contribution in [0.25, 0.3) is 0 Å². The highest BCUT2D eigenvalue weighted by atomic mass is 16.8. The van der Waals surface area contributed by atoms with Gasteiger partial charge >= 0.3 is 17.9 Å². The second kappa shape index (κ2) is 11.8. The molecule has 11 heteroatoms. The minimum absolute atomic E-state index is 0.0317. The minimum Gasteiger partial charge on any atom is -0.444 e. The van der Waals surface area contributed by atoms with Crippen LogP contribution in [0.1, 0.15) is 17.4 Å². The first-order valence-electron chi connectivity index (χ1n) is 10.7. The van der Waals surface area contributed by atoms with Crippen molar-refractivity contribution < 1.29 is 33.3 Å². The first kappa shape index (κ1) is 23.9. The first-order chi connectivity index (χ1) is 17.1. The number of rotatable bonds is 8. The maximum Gasteiger partial charge on any atom is 0.508 e. The van der Waals surface area contributed by atoms with Crippen molar-refractivity contribution in [2.45, 2.75) is 25.7 Å². The average molecular weight is 481 g/mol. The second-order valence-corrected chi connectivity index (χ2v) is 7.38. The Bertz CT molecular complexity index is 1190. The minimum atomic E-state index is -0.873. The number of hydrogen-bond acceptors (Lipinski definition) is 9. The summed E-state index contributed by atoms with van der Waals surface area (Å²) in [5.74, 6) is 0.0317. The van der Waals surface area contributed by atoms with Crippen LogP contribution in [0.15, 0.2) is 77.7 Å². The Kier molecular flexibility index (Phi) is 8.04. The van der Waals surface area contributed by atoms with E-state index in [0.717, 1.165) is 11.1 Å². The zero-order valence-corrected chi connectivity index (χ0v) is 18.6. The number of hydrogen-bond donors (Lipinski definition) is 1. The standard InChI is InChI=1S/C24H23N3O8/c28-22-25-19(26-23(29)32-13-17-7-3-1-4-8-17)11-12-27(22)20-15-31-21(35-20)16-34-24(30)33-14-18-9-5-2-6-10-18/h1-12,20-21H,13-16H2,(H,25,26,28,29)/t20-,21-/m0/s1. The van der Waals surface area contributed by atoms with Gasteiger partial charge in [0.2, 0.25) is 0 Å². The molecule has 0 radical (unpaired) electrons. The molecule has 0 bridgehead atoms. The molecule has 2 atom stereocenters. The van der Waals surface area contributed by atoms with Gasteiger partial charge in [0.05, 0.1) is 6.61 Å². The van der Waals surface area contributed by atoms with Crippen LogP contribution in [0.2, 0.25) is 0 Å². The molecular weight excluding hydrogens is 458 g/mol. The summed E-state index contributed by atoms with van der Waals surface area (Å²) in [6.45, 7) is -0.00403. The van der Waals surface area contributed by atoms with Crippen molar-refractivity contribution in [1.82, 2.24) is 9.55 Å². The molecule has 4 rings (SSSR count). The number of aromatic nitrogens is 2. The Morgan fingerprint density at radius 1 is 0.943 bits per heavy atom. The molecule has 11 nitrogen and oxygen atoms in total. The third-order valence-electron chi connectivity index (χ3n) is 4.85. The number of carbonyl (C=O) groups is 2. The SMILES string of the molecule is O=C(Nc1ccn([C@@H]2CO[C@H](COC(=O)OCc3ccccc3)O2)c(=O)n1)OCc1ccccc1. The van der Waals surface area contributed by atoms with Crippen LogP contribution in [-0.4, -0.2) is 41.3 Å². The molecule has 1 amide bonds. The summed E-state index contributed by atoms with van der Waals surface area (Å²) in [6, 6.07) is 19.8. The van der Waals surface area contributed by atoms with Crippen LogP contribution in [0.3, 0.4) is 0 Å². The van der Waals surface area contributed by atoms with Crippen LogP contribution in [0.5, 0.6) is 0 Å². The lowest BCUT2D eigenvalue weighted by Gasteiger charge is -2.14. The van der Waals surface area contributed by atoms with Crippen molar-refractivity contribution in [3.05, 3.63) is 94.5 Å². The van der Waals surface area contributed by atoms with Crippen molar-refractivity contribution in [3.63, 3.8) is 0 Å². The zero-order chi connectivity index (χ0) is 24.5. The lowest BCUT2D eigenvalue weighted by atomic mass is 10.2. The zero-order valence-electron chi connectivity index (χ0n) is 18.6. The lowest BCUT2D eigenvalue weighted by Crippen LogP contribution is -2.29. The number of ether oxygens (including phenoxy) is 5. The van der Waals surface area contributed by atoms with E-state index in [-0.39, 0.29) is 32.2 Å². The lowest BCUT2D eigenvalue weighted by molar-refractivity contribution is -0.108. The monoisotopic (exact) mass is 481 g/mol. The molecule has 0 saturated carbocycles. The summed E-state index contributed by atoms with van der Waals surface area (Å²) in [5, 5.41) is 2.41. The molecule has 1 saturated heterocycles. The Hall–Kier alpha value is -4.22. The van der Waals surface area contributed by atoms with Gasteiger partial charge in [-0.2, -0.15) is 4.98 Å². The topological polar surface area (TPSA) is 127 Å². The van der Waals surface area contributed by atoms with E-state index in [0.29, 0.717) is 0 Å². The van der Waals surface area contributed by atoms with Gasteiger partial charge in [0.15, 0.2) is 12.5 Å². The van der Waals surface area contributed by atoms with Crippen molar-refractivity contribution in [3.8, 4) is 0 Å². The fraction of sp³-hybridized carbons (Fsp3) is 0.250. The van der Waals surface area contributed by atoms with Crippen LogP contribution < -0.4 is 11.0 Å². The molecule has 1 aliphatic rings. The predicted molar refractivity (Wildman–Crippen MR) is 121 cm³/mol. The summed E-state index contributed by atoms with van der Waals surface area (Å²) in [7, 11) is 0. The number of nitrogens with one attached hydrogen (secondary N) is 1. The first-order valence-corrected chi connectivity index (χ1v) is 10.7. The average Bonchev–Trinajstić information content (AvgIpc) is 3.35. The molecule has 2 heterocycles. The number of amides is 1. The Morgan fingerprint density at radius 2 is 1.60 bits per heavy atom. The molecule has 1 aliphatic heterocycles. The van der Waals surface area contributed by atoms with Gasteiger partial charge in [0.25, 0.3) is 0 Å². The van der Waals surface area contributed by atoms with E-state index in [4.69, 9.17) is 23.7 Å². The van der Waals surface area contributed by atoms with E-state index in [1.54, 1.807) is 0 Å². The molecular formula is C24H23N3O8. The highest BCUT2D eigenvalue weighted by molar-refractivity contribution is 5.83. The summed E-state index contributed by atoms with van der Waals surface area (Å²) in [6.07, 6.45) is -1.84. The van der Waals surface area contributed by atoms with Crippen molar-refractivity contribution >= 4 is 18.1 Å². The Balaban J connectivity index is 1.21. The van der Waals surface area contributed by atoms with Gasteiger partial charge in [-0.25, -0.2) is 14.4 Å². The predicted octanol–water partition coefficient (Wildman–Crippen LogP) is 3.22. The second-order valence-electron chi connectivity index (χ2n) is 7.38. The van der Waals surface area contributed by atoms with Crippen LogP contribution in [0, 0.1) is 0 Å². The summed E-state index contributed by atoms with van der Waals surface area (Å²) < 4.78 is 27.4. The molecule has 1 aromatic heterocycles. The maximum atomic E-state index is 12.4. The van der Waals surface area contributed by atoms with Gasteiger partial charge in [-0.05, 0) is 17.2 Å². The molecule has 182 valence electrons. The molecule has 3 aromatic rings. The van der Waals surface area contributed by atoms with E-state index in [2.05, 4.69) is 10.3 Å². The van der Waals surface area contributed by atoms with Crippen LogP contribution in [0.4, 0.5) is 15.4 Å². The van der Waals surface area contributed by atoms with E-state index >= 15 is 0 Å². The fourth-order valence-corrected chi connectivity index (χ4v) is 3.14. The Morgan fingerprint density at radius 3 is 2.26 bits per heavy atom. The fourth-order valence-electron chi connectivity index (χ4n) is 3.14. The van der Waals surface area contributed by atoms with Crippen LogP contribution in [-0.2, 0) is 36.9 Å². The van der Waals surface area contributed by atoms with Crippen molar-refractivity contribution in [2.75, 3.05) is 18.5 Å². The molecule has 1 fully saturated rings. The molecule has 2 aromatic carbocycles. The Labute approximate surface area is 200 Å².